The van der Waals surface area contributed by atoms with Gasteiger partial charge in [0.25, 0.3) is 0 Å². The maximum Gasteiger partial charge on any atom is 0.0514 e. The molecule has 16 heavy (non-hydrogen) atoms. The van der Waals surface area contributed by atoms with E-state index in [-0.39, 0.29) is 0 Å². The van der Waals surface area contributed by atoms with Gasteiger partial charge in [0.05, 0.1) is 5.69 Å². The molecule has 0 aliphatic rings. The van der Waals surface area contributed by atoms with Gasteiger partial charge in [0, 0.05) is 11.0 Å². The number of benzene rings is 1. The van der Waals surface area contributed by atoms with Gasteiger partial charge in [-0.2, -0.15) is 0 Å². The van der Waals surface area contributed by atoms with Crippen LogP contribution in [0.4, 0.5) is 5.69 Å². The van der Waals surface area contributed by atoms with Crippen LogP contribution in [0, 0.1) is 19.8 Å². The number of anilines is 1. The lowest BCUT2D eigenvalue weighted by Gasteiger charge is -2.16. The molecule has 1 unspecified atom stereocenters. The van der Waals surface area contributed by atoms with Gasteiger partial charge in [-0.3, -0.25) is 0 Å². The van der Waals surface area contributed by atoms with Crippen LogP contribution in [0.1, 0.15) is 37.8 Å². The van der Waals surface area contributed by atoms with Crippen molar-refractivity contribution in [2.45, 2.75) is 40.5 Å². The predicted molar refractivity (Wildman–Crippen MR) is 76.2 cm³/mol. The zero-order valence-corrected chi connectivity index (χ0v) is 12.3. The summed E-state index contributed by atoms with van der Waals surface area (Å²) in [5.41, 5.74) is 3.86. The van der Waals surface area contributed by atoms with E-state index in [0.717, 1.165) is 12.5 Å². The highest BCUT2D eigenvalue weighted by atomic mass is 79.9. The van der Waals surface area contributed by atoms with Gasteiger partial charge in [-0.1, -0.05) is 26.3 Å². The minimum Gasteiger partial charge on any atom is -0.384 e. The van der Waals surface area contributed by atoms with E-state index in [0.29, 0.717) is 0 Å². The molecule has 0 aliphatic heterocycles. The predicted octanol–water partition coefficient (Wildman–Crippen LogP) is 4.91. The molecular weight excluding hydrogens is 262 g/mol. The fraction of sp³-hybridized carbons (Fsp3) is 0.571. The summed E-state index contributed by atoms with van der Waals surface area (Å²) in [6.07, 6.45) is 2.55. The molecule has 1 rings (SSSR count). The smallest absolute Gasteiger partial charge is 0.0514 e. The van der Waals surface area contributed by atoms with Gasteiger partial charge in [0.2, 0.25) is 0 Å². The average Bonchev–Trinajstić information content (AvgIpc) is 2.16. The quantitative estimate of drug-likeness (QED) is 0.809. The number of nitrogens with one attached hydrogen (secondary N) is 1. The molecule has 0 saturated heterocycles. The summed E-state index contributed by atoms with van der Waals surface area (Å²) < 4.78 is 1.17. The third-order valence-electron chi connectivity index (χ3n) is 2.84. The van der Waals surface area contributed by atoms with E-state index in [1.54, 1.807) is 0 Å². The van der Waals surface area contributed by atoms with E-state index < -0.39 is 0 Å². The van der Waals surface area contributed by atoms with Gasteiger partial charge >= 0.3 is 0 Å². The van der Waals surface area contributed by atoms with E-state index >= 15 is 0 Å². The fourth-order valence-corrected chi connectivity index (χ4v) is 2.82. The van der Waals surface area contributed by atoms with Crippen LogP contribution in [0.15, 0.2) is 16.6 Å². The molecule has 1 aromatic rings. The topological polar surface area (TPSA) is 12.0 Å². The van der Waals surface area contributed by atoms with Crippen molar-refractivity contribution in [2.24, 2.45) is 5.92 Å². The van der Waals surface area contributed by atoms with Crippen molar-refractivity contribution in [3.63, 3.8) is 0 Å². The minimum absolute atomic E-state index is 0.734. The Balaban J connectivity index is 2.67. The van der Waals surface area contributed by atoms with Crippen molar-refractivity contribution < 1.29 is 0 Å². The highest BCUT2D eigenvalue weighted by Crippen LogP contribution is 2.28. The Kier molecular flexibility index (Phi) is 5.33. The first kappa shape index (κ1) is 13.6. The van der Waals surface area contributed by atoms with Crippen LogP contribution in [-0.2, 0) is 0 Å². The monoisotopic (exact) mass is 283 g/mol. The van der Waals surface area contributed by atoms with Crippen molar-refractivity contribution in [1.82, 2.24) is 0 Å². The largest absolute Gasteiger partial charge is 0.384 e. The normalized spacial score (nSPS) is 12.6. The Bertz CT molecular complexity index is 324. The van der Waals surface area contributed by atoms with Gasteiger partial charge < -0.3 is 5.32 Å². The van der Waals surface area contributed by atoms with Crippen LogP contribution >= 0.6 is 15.9 Å². The molecule has 0 aromatic heterocycles. The van der Waals surface area contributed by atoms with Crippen LogP contribution < -0.4 is 5.32 Å². The summed E-state index contributed by atoms with van der Waals surface area (Å²) >= 11 is 3.62. The molecule has 1 nitrogen and oxygen atoms in total. The van der Waals surface area contributed by atoms with Crippen LogP contribution in [0.3, 0.4) is 0 Å². The van der Waals surface area contributed by atoms with Crippen LogP contribution in [-0.4, -0.2) is 6.54 Å². The van der Waals surface area contributed by atoms with E-state index in [4.69, 9.17) is 0 Å². The maximum absolute atomic E-state index is 3.62. The van der Waals surface area contributed by atoms with Gasteiger partial charge in [-0.25, -0.2) is 0 Å². The Morgan fingerprint density at radius 3 is 2.56 bits per heavy atom. The molecule has 0 radical (unpaired) electrons. The number of rotatable bonds is 5. The maximum atomic E-state index is 3.62. The molecule has 1 N–H and O–H groups in total. The molecule has 0 spiro atoms. The van der Waals surface area contributed by atoms with Crippen molar-refractivity contribution in [3.8, 4) is 0 Å². The molecule has 2 heteroatoms. The van der Waals surface area contributed by atoms with Crippen molar-refractivity contribution >= 4 is 21.6 Å². The molecular formula is C14H22BrN. The SMILES string of the molecule is CCCC(C)CNc1c(C)cc(C)cc1Br. The molecule has 0 bridgehead atoms. The molecule has 0 saturated carbocycles. The number of hydrogen-bond acceptors (Lipinski definition) is 1. The van der Waals surface area contributed by atoms with Gasteiger partial charge in [-0.15, -0.1) is 0 Å². The second-order valence-corrected chi connectivity index (χ2v) is 5.57. The highest BCUT2D eigenvalue weighted by molar-refractivity contribution is 9.10. The Labute approximate surface area is 108 Å². The van der Waals surface area contributed by atoms with Gasteiger partial charge in [0.1, 0.15) is 0 Å². The Hall–Kier alpha value is -0.500. The molecule has 0 heterocycles. The lowest BCUT2D eigenvalue weighted by Crippen LogP contribution is -2.12. The van der Waals surface area contributed by atoms with Crippen LogP contribution in [0.25, 0.3) is 0 Å². The number of hydrogen-bond donors (Lipinski definition) is 1. The Morgan fingerprint density at radius 1 is 1.31 bits per heavy atom. The molecule has 90 valence electrons. The third-order valence-corrected chi connectivity index (χ3v) is 3.47. The van der Waals surface area contributed by atoms with Crippen LogP contribution in [0.2, 0.25) is 0 Å². The second kappa shape index (κ2) is 6.29. The lowest BCUT2D eigenvalue weighted by molar-refractivity contribution is 0.550. The lowest BCUT2D eigenvalue weighted by atomic mass is 10.1. The molecule has 0 aliphatic carbocycles. The summed E-state index contributed by atoms with van der Waals surface area (Å²) in [6.45, 7) is 9.87. The summed E-state index contributed by atoms with van der Waals surface area (Å²) in [5, 5.41) is 3.55. The number of aryl methyl sites for hydroxylation is 2. The second-order valence-electron chi connectivity index (χ2n) is 4.71. The average molecular weight is 284 g/mol. The molecule has 1 aromatic carbocycles. The van der Waals surface area contributed by atoms with Gasteiger partial charge in [0.15, 0.2) is 0 Å². The third kappa shape index (κ3) is 3.82. The summed E-state index contributed by atoms with van der Waals surface area (Å²) in [5.74, 6) is 0.734. The van der Waals surface area contributed by atoms with Gasteiger partial charge in [-0.05, 0) is 59.3 Å². The first-order valence-corrected chi connectivity index (χ1v) is 6.84. The first-order chi connectivity index (χ1) is 7.54. The van der Waals surface area contributed by atoms with E-state index in [9.17, 15) is 0 Å². The first-order valence-electron chi connectivity index (χ1n) is 6.05. The highest BCUT2D eigenvalue weighted by Gasteiger charge is 2.06. The molecule has 0 fully saturated rings. The van der Waals surface area contributed by atoms with E-state index in [1.807, 2.05) is 0 Å². The fourth-order valence-electron chi connectivity index (χ4n) is 2.01. The zero-order chi connectivity index (χ0) is 12.1. The number of halogens is 1. The van der Waals surface area contributed by atoms with Crippen LogP contribution in [0.5, 0.6) is 0 Å². The van der Waals surface area contributed by atoms with Crippen molar-refractivity contribution in [3.05, 3.63) is 27.7 Å². The van der Waals surface area contributed by atoms with Crippen molar-refractivity contribution in [2.75, 3.05) is 11.9 Å². The zero-order valence-electron chi connectivity index (χ0n) is 10.7. The summed E-state index contributed by atoms with van der Waals surface area (Å²) in [4.78, 5) is 0. The molecule has 0 amide bonds. The van der Waals surface area contributed by atoms with Crippen molar-refractivity contribution in [1.29, 1.82) is 0 Å². The van der Waals surface area contributed by atoms with E-state index in [1.165, 1.54) is 34.1 Å². The Morgan fingerprint density at radius 2 is 2.00 bits per heavy atom. The minimum atomic E-state index is 0.734. The summed E-state index contributed by atoms with van der Waals surface area (Å²) in [6, 6.07) is 4.39. The molecule has 1 atom stereocenters. The van der Waals surface area contributed by atoms with E-state index in [2.05, 4.69) is 61.1 Å². The summed E-state index contributed by atoms with van der Waals surface area (Å²) in [7, 11) is 0. The standard InChI is InChI=1S/C14H22BrN/c1-5-6-10(2)9-16-14-12(4)7-11(3)8-13(14)15/h7-8,10,16H,5-6,9H2,1-4H3.